The highest BCUT2D eigenvalue weighted by atomic mass is 16.5. The predicted molar refractivity (Wildman–Crippen MR) is 107 cm³/mol. The van der Waals surface area contributed by atoms with Crippen LogP contribution < -0.4 is 14.8 Å². The summed E-state index contributed by atoms with van der Waals surface area (Å²) in [6.45, 7) is 1.43. The molecule has 3 aromatic rings. The van der Waals surface area contributed by atoms with Gasteiger partial charge in [0.05, 0.1) is 26.7 Å². The van der Waals surface area contributed by atoms with Gasteiger partial charge in [0.1, 0.15) is 22.8 Å². The van der Waals surface area contributed by atoms with Gasteiger partial charge in [-0.3, -0.25) is 9.59 Å². The van der Waals surface area contributed by atoms with Gasteiger partial charge in [-0.25, -0.2) is 0 Å². The van der Waals surface area contributed by atoms with Gasteiger partial charge in [0.15, 0.2) is 6.61 Å². The van der Waals surface area contributed by atoms with Crippen molar-refractivity contribution in [1.29, 1.82) is 0 Å². The lowest BCUT2D eigenvalue weighted by molar-refractivity contribution is -0.148. The minimum absolute atomic E-state index is 0.0143. The van der Waals surface area contributed by atoms with Gasteiger partial charge in [0.25, 0.3) is 5.91 Å². The van der Waals surface area contributed by atoms with Gasteiger partial charge < -0.3 is 23.9 Å². The maximum atomic E-state index is 12.1. The number of nitrogens with one attached hydrogen (secondary N) is 1. The first-order valence-electron chi connectivity index (χ1n) is 9.14. The van der Waals surface area contributed by atoms with Crippen LogP contribution in [-0.2, 0) is 20.7 Å². The molecule has 0 fully saturated rings. The first kappa shape index (κ1) is 20.3. The van der Waals surface area contributed by atoms with Gasteiger partial charge in [-0.05, 0) is 25.1 Å². The molecule has 0 aliphatic heterocycles. The maximum Gasteiger partial charge on any atom is 0.310 e. The monoisotopic (exact) mass is 397 g/mol. The van der Waals surface area contributed by atoms with Crippen molar-refractivity contribution in [3.05, 3.63) is 59.9 Å². The van der Waals surface area contributed by atoms with Crippen molar-refractivity contribution in [2.24, 2.45) is 0 Å². The molecular formula is C22H23NO6. The molecular weight excluding hydrogens is 374 g/mol. The molecule has 1 atom stereocenters. The molecule has 0 saturated heterocycles. The summed E-state index contributed by atoms with van der Waals surface area (Å²) in [5, 5.41) is 3.72. The SMILES string of the molecule is COc1ccc(CC(=O)OCC(=O)N[C@@H](C)c2cc3ccccc3o2)c(OC)c1. The van der Waals surface area contributed by atoms with Crippen molar-refractivity contribution in [3.8, 4) is 11.5 Å². The Bertz CT molecular complexity index is 976. The summed E-state index contributed by atoms with van der Waals surface area (Å²) >= 11 is 0. The third-order valence-corrected chi connectivity index (χ3v) is 4.44. The number of para-hydroxylation sites is 1. The number of esters is 1. The van der Waals surface area contributed by atoms with Gasteiger partial charge in [-0.15, -0.1) is 0 Å². The van der Waals surface area contributed by atoms with Crippen LogP contribution in [0.15, 0.2) is 52.9 Å². The molecule has 7 heteroatoms. The van der Waals surface area contributed by atoms with Crippen molar-refractivity contribution in [2.45, 2.75) is 19.4 Å². The molecule has 1 aromatic heterocycles. The predicted octanol–water partition coefficient (Wildman–Crippen LogP) is 3.41. The molecule has 0 aliphatic rings. The third kappa shape index (κ3) is 5.07. The average Bonchev–Trinajstić information content (AvgIpc) is 3.17. The van der Waals surface area contributed by atoms with E-state index in [4.69, 9.17) is 18.6 Å². The summed E-state index contributed by atoms with van der Waals surface area (Å²) in [6, 6.07) is 14.3. The van der Waals surface area contributed by atoms with E-state index in [1.807, 2.05) is 30.3 Å². The van der Waals surface area contributed by atoms with Crippen LogP contribution in [0.1, 0.15) is 24.3 Å². The van der Waals surface area contributed by atoms with Gasteiger partial charge in [-0.2, -0.15) is 0 Å². The van der Waals surface area contributed by atoms with Crippen LogP contribution in [0, 0.1) is 0 Å². The number of hydrogen-bond acceptors (Lipinski definition) is 6. The summed E-state index contributed by atoms with van der Waals surface area (Å²) in [4.78, 5) is 24.2. The van der Waals surface area contributed by atoms with E-state index in [1.54, 1.807) is 32.2 Å². The van der Waals surface area contributed by atoms with Crippen LogP contribution in [0.2, 0.25) is 0 Å². The zero-order chi connectivity index (χ0) is 20.8. The molecule has 1 heterocycles. The number of carbonyl (C=O) groups excluding carboxylic acids is 2. The standard InChI is InChI=1S/C22H23NO6/c1-14(19-10-15-6-4-5-7-18(15)29-19)23-21(24)13-28-22(25)11-16-8-9-17(26-2)12-20(16)27-3/h4-10,12,14H,11,13H2,1-3H3,(H,23,24)/t14-/m0/s1. The van der Waals surface area contributed by atoms with Crippen LogP contribution in [0.25, 0.3) is 11.0 Å². The van der Waals surface area contributed by atoms with E-state index in [1.165, 1.54) is 7.11 Å². The van der Waals surface area contributed by atoms with Crippen LogP contribution >= 0.6 is 0 Å². The molecule has 0 unspecified atom stereocenters. The normalized spacial score (nSPS) is 11.7. The minimum Gasteiger partial charge on any atom is -0.497 e. The molecule has 3 rings (SSSR count). The largest absolute Gasteiger partial charge is 0.497 e. The van der Waals surface area contributed by atoms with Crippen LogP contribution in [-0.4, -0.2) is 32.7 Å². The number of benzene rings is 2. The van der Waals surface area contributed by atoms with Gasteiger partial charge in [-0.1, -0.05) is 24.3 Å². The Labute approximate surface area is 168 Å². The molecule has 0 aliphatic carbocycles. The minimum atomic E-state index is -0.528. The van der Waals surface area contributed by atoms with Crippen molar-refractivity contribution in [2.75, 3.05) is 20.8 Å². The molecule has 7 nitrogen and oxygen atoms in total. The fraction of sp³-hybridized carbons (Fsp3) is 0.273. The number of hydrogen-bond donors (Lipinski definition) is 1. The lowest BCUT2D eigenvalue weighted by Crippen LogP contribution is -2.31. The zero-order valence-corrected chi connectivity index (χ0v) is 16.6. The van der Waals surface area contributed by atoms with E-state index < -0.39 is 11.9 Å². The maximum absolute atomic E-state index is 12.1. The Morgan fingerprint density at radius 3 is 2.59 bits per heavy atom. The van der Waals surface area contributed by atoms with Crippen molar-refractivity contribution >= 4 is 22.8 Å². The number of rotatable bonds is 8. The highest BCUT2D eigenvalue weighted by molar-refractivity contribution is 5.82. The topological polar surface area (TPSA) is 87.0 Å². The Balaban J connectivity index is 1.51. The number of ether oxygens (including phenoxy) is 3. The smallest absolute Gasteiger partial charge is 0.310 e. The summed E-state index contributed by atoms with van der Waals surface area (Å²) in [5.41, 5.74) is 1.40. The van der Waals surface area contributed by atoms with E-state index in [0.717, 1.165) is 11.0 Å². The summed E-state index contributed by atoms with van der Waals surface area (Å²) in [7, 11) is 3.06. The van der Waals surface area contributed by atoms with Crippen LogP contribution in [0.3, 0.4) is 0 Å². The Kier molecular flexibility index (Phi) is 6.39. The van der Waals surface area contributed by atoms with Crippen LogP contribution in [0.4, 0.5) is 0 Å². The van der Waals surface area contributed by atoms with Gasteiger partial charge >= 0.3 is 5.97 Å². The lowest BCUT2D eigenvalue weighted by atomic mass is 10.1. The number of furan rings is 1. The van der Waals surface area contributed by atoms with E-state index in [2.05, 4.69) is 5.32 Å². The quantitative estimate of drug-likeness (QED) is 0.586. The zero-order valence-electron chi connectivity index (χ0n) is 16.6. The molecule has 1 amide bonds. The highest BCUT2D eigenvalue weighted by Crippen LogP contribution is 2.25. The van der Waals surface area contributed by atoms with Gasteiger partial charge in [0, 0.05) is 17.0 Å². The number of methoxy groups -OCH3 is 2. The summed E-state index contributed by atoms with van der Waals surface area (Å²) < 4.78 is 21.2. The van der Waals surface area contributed by atoms with Crippen molar-refractivity contribution < 1.29 is 28.2 Å². The van der Waals surface area contributed by atoms with E-state index >= 15 is 0 Å². The fourth-order valence-electron chi connectivity index (χ4n) is 2.92. The number of carbonyl (C=O) groups is 2. The highest BCUT2D eigenvalue weighted by Gasteiger charge is 2.16. The first-order valence-corrected chi connectivity index (χ1v) is 9.14. The van der Waals surface area contributed by atoms with E-state index in [0.29, 0.717) is 22.8 Å². The Hall–Kier alpha value is -3.48. The second-order valence-corrected chi connectivity index (χ2v) is 6.49. The van der Waals surface area contributed by atoms with Gasteiger partial charge in [0.2, 0.25) is 0 Å². The second-order valence-electron chi connectivity index (χ2n) is 6.49. The van der Waals surface area contributed by atoms with E-state index in [9.17, 15) is 9.59 Å². The van der Waals surface area contributed by atoms with Crippen molar-refractivity contribution in [1.82, 2.24) is 5.32 Å². The molecule has 29 heavy (non-hydrogen) atoms. The summed E-state index contributed by atoms with van der Waals surface area (Å²) in [5.74, 6) is 0.837. The Morgan fingerprint density at radius 2 is 1.86 bits per heavy atom. The molecule has 0 bridgehead atoms. The van der Waals surface area contributed by atoms with Crippen LogP contribution in [0.5, 0.6) is 11.5 Å². The molecule has 1 N–H and O–H groups in total. The van der Waals surface area contributed by atoms with Crippen molar-refractivity contribution in [3.63, 3.8) is 0 Å². The molecule has 2 aromatic carbocycles. The molecule has 0 saturated carbocycles. The molecule has 0 radical (unpaired) electrons. The summed E-state index contributed by atoms with van der Waals surface area (Å²) in [6.07, 6.45) is -0.0143. The Morgan fingerprint density at radius 1 is 1.07 bits per heavy atom. The molecule has 0 spiro atoms. The lowest BCUT2D eigenvalue weighted by Gasteiger charge is -2.12. The van der Waals surface area contributed by atoms with E-state index in [-0.39, 0.29) is 19.1 Å². The number of amides is 1. The third-order valence-electron chi connectivity index (χ3n) is 4.44. The fourth-order valence-corrected chi connectivity index (χ4v) is 2.92. The second kappa shape index (κ2) is 9.14. The number of fused-ring (bicyclic) bond motifs is 1. The first-order chi connectivity index (χ1) is 14.0. The average molecular weight is 397 g/mol. The molecule has 152 valence electrons.